The van der Waals surface area contributed by atoms with Gasteiger partial charge in [0, 0.05) is 25.0 Å². The largest absolute Gasteiger partial charge is 0.497 e. The van der Waals surface area contributed by atoms with Crippen LogP contribution in [-0.4, -0.2) is 87.2 Å². The number of carbonyl (C=O) groups excluding carboxylic acids is 1. The molecule has 1 aliphatic heterocycles. The first-order chi connectivity index (χ1) is 22.5. The molecule has 8 nitrogen and oxygen atoms in total. The third-order valence-corrected chi connectivity index (χ3v) is 25.8. The fraction of sp³-hybridized carbons (Fsp3) is 0.821. The van der Waals surface area contributed by atoms with Crippen LogP contribution in [0.4, 0.5) is 0 Å². The molecule has 7 atom stereocenters. The molecule has 1 aliphatic rings. The summed E-state index contributed by atoms with van der Waals surface area (Å²) in [5.41, 5.74) is 0.358. The first-order valence-electron chi connectivity index (χ1n) is 18.5. The summed E-state index contributed by atoms with van der Waals surface area (Å²) < 4.78 is 38.9. The zero-order chi connectivity index (χ0) is 38.7. The van der Waals surface area contributed by atoms with Crippen molar-refractivity contribution in [3.05, 3.63) is 29.8 Å². The normalized spacial score (nSPS) is 22.4. The van der Waals surface area contributed by atoms with Crippen molar-refractivity contribution < 1.29 is 37.4 Å². The molecule has 1 fully saturated rings. The quantitative estimate of drug-likeness (QED) is 0.0849. The number of rotatable bonds is 19. The monoisotopic (exact) mass is 754 g/mol. The highest BCUT2D eigenvalue weighted by Crippen LogP contribution is 2.51. The molecule has 1 saturated heterocycles. The van der Waals surface area contributed by atoms with Crippen LogP contribution in [0.1, 0.15) is 81.7 Å². The molecule has 1 aromatic carbocycles. The van der Waals surface area contributed by atoms with Crippen molar-refractivity contribution in [2.24, 2.45) is 17.8 Å². The Bertz CT molecular complexity index is 1220. The molecule has 0 bridgehead atoms. The molecule has 11 heteroatoms. The number of methoxy groups -OCH3 is 1. The molecule has 1 N–H and O–H groups in total. The topological polar surface area (TPSA) is 96.0 Å². The van der Waals surface area contributed by atoms with Gasteiger partial charge < -0.3 is 37.4 Å². The zero-order valence-electron chi connectivity index (χ0n) is 35.0. The summed E-state index contributed by atoms with van der Waals surface area (Å²) in [5.74, 6) is -0.395. The number of ether oxygens (including phenoxy) is 3. The van der Waals surface area contributed by atoms with Gasteiger partial charge in [-0.25, -0.2) is 0 Å². The van der Waals surface area contributed by atoms with Crippen molar-refractivity contribution in [2.75, 3.05) is 26.9 Å². The van der Waals surface area contributed by atoms with Crippen molar-refractivity contribution in [1.29, 1.82) is 0 Å². The summed E-state index contributed by atoms with van der Waals surface area (Å²) in [7, 11) is -5.18. The lowest BCUT2D eigenvalue weighted by molar-refractivity contribution is -0.121. The highest BCUT2D eigenvalue weighted by atomic mass is 28.4. The summed E-state index contributed by atoms with van der Waals surface area (Å²) in [6.45, 7) is 38.7. The number of benzene rings is 1. The summed E-state index contributed by atoms with van der Waals surface area (Å²) in [6, 6.07) is 7.90. The van der Waals surface area contributed by atoms with Gasteiger partial charge in [0.05, 0.1) is 44.6 Å². The first kappa shape index (κ1) is 45.3. The molecule has 0 amide bonds. The number of epoxide rings is 1. The number of hydrogen-bond acceptors (Lipinski definition) is 8. The Morgan fingerprint density at radius 1 is 0.820 bits per heavy atom. The van der Waals surface area contributed by atoms with Crippen LogP contribution >= 0.6 is 0 Å². The predicted molar refractivity (Wildman–Crippen MR) is 213 cm³/mol. The first-order valence-corrected chi connectivity index (χ1v) is 27.2. The lowest BCUT2D eigenvalue weighted by Gasteiger charge is -2.46. The summed E-state index contributed by atoms with van der Waals surface area (Å²) in [4.78, 5) is 12.8. The zero-order valence-corrected chi connectivity index (χ0v) is 38.0. The number of aldehydes is 1. The summed E-state index contributed by atoms with van der Waals surface area (Å²) in [5, 5.41) is 12.2. The molecule has 1 heterocycles. The third-order valence-electron chi connectivity index (χ3n) is 12.3. The number of aliphatic hydroxyl groups is 1. The van der Waals surface area contributed by atoms with Gasteiger partial charge in [-0.1, -0.05) is 81.4 Å². The lowest BCUT2D eigenvalue weighted by Crippen LogP contribution is -2.57. The average molecular weight is 755 g/mol. The van der Waals surface area contributed by atoms with Gasteiger partial charge >= 0.3 is 0 Å². The molecule has 0 unspecified atom stereocenters. The van der Waals surface area contributed by atoms with Crippen LogP contribution < -0.4 is 4.74 Å². The second-order valence-electron chi connectivity index (χ2n) is 19.5. The van der Waals surface area contributed by atoms with Crippen LogP contribution in [0.3, 0.4) is 0 Å². The second kappa shape index (κ2) is 16.6. The maximum atomic E-state index is 12.8. The van der Waals surface area contributed by atoms with Crippen molar-refractivity contribution >= 4 is 31.2 Å². The maximum Gasteiger partial charge on any atom is 0.192 e. The van der Waals surface area contributed by atoms with Gasteiger partial charge in [0.1, 0.15) is 17.6 Å². The van der Waals surface area contributed by atoms with Crippen LogP contribution in [0.25, 0.3) is 0 Å². The van der Waals surface area contributed by atoms with Gasteiger partial charge in [0.25, 0.3) is 0 Å². The number of hydrogen-bond donors (Lipinski definition) is 1. The van der Waals surface area contributed by atoms with E-state index in [1.807, 2.05) is 24.3 Å². The Balaban J connectivity index is 2.49. The molecular weight excluding hydrogens is 681 g/mol. The van der Waals surface area contributed by atoms with E-state index in [1.54, 1.807) is 7.11 Å². The summed E-state index contributed by atoms with van der Waals surface area (Å²) >= 11 is 0. The molecule has 1 aromatic rings. The lowest BCUT2D eigenvalue weighted by atomic mass is 9.80. The molecular formula is C39H74O8Si3. The van der Waals surface area contributed by atoms with Crippen LogP contribution in [0.2, 0.25) is 54.4 Å². The van der Waals surface area contributed by atoms with Crippen molar-refractivity contribution in [3.8, 4) is 5.75 Å². The minimum Gasteiger partial charge on any atom is -0.497 e. The van der Waals surface area contributed by atoms with E-state index in [4.69, 9.17) is 27.5 Å². The Morgan fingerprint density at radius 2 is 1.30 bits per heavy atom. The van der Waals surface area contributed by atoms with Crippen molar-refractivity contribution in [2.45, 2.75) is 161 Å². The van der Waals surface area contributed by atoms with E-state index >= 15 is 0 Å². The van der Waals surface area contributed by atoms with Gasteiger partial charge in [-0.2, -0.15) is 0 Å². The van der Waals surface area contributed by atoms with Crippen LogP contribution in [0.15, 0.2) is 24.3 Å². The molecule has 0 aromatic heterocycles. The molecule has 0 radical (unpaired) electrons. The van der Waals surface area contributed by atoms with E-state index in [9.17, 15) is 9.90 Å². The van der Waals surface area contributed by atoms with Gasteiger partial charge in [-0.3, -0.25) is 0 Å². The molecule has 50 heavy (non-hydrogen) atoms. The number of carbonyl (C=O) groups is 1. The molecule has 0 aliphatic carbocycles. The fourth-order valence-electron chi connectivity index (χ4n) is 5.39. The van der Waals surface area contributed by atoms with E-state index in [-0.39, 0.29) is 40.4 Å². The Labute approximate surface area is 309 Å². The molecule has 290 valence electrons. The van der Waals surface area contributed by atoms with E-state index in [0.29, 0.717) is 13.2 Å². The predicted octanol–water partition coefficient (Wildman–Crippen LogP) is 9.23. The van der Waals surface area contributed by atoms with Crippen molar-refractivity contribution in [1.82, 2.24) is 0 Å². The minimum atomic E-state index is -2.41. The minimum absolute atomic E-state index is 0.0294. The summed E-state index contributed by atoms with van der Waals surface area (Å²) in [6.07, 6.45) is -0.870. The average Bonchev–Trinajstić information content (AvgIpc) is 3.67. The SMILES string of the molecule is COc1ccc(COC[C@H](C)[C@H]2O[C@@]2(C)[C@@H](O[Si](C)(C)C(C)(C)C)[C@@H](CO[Si](C)(C)C(C)(C)C)[C@H](O)[C@@H](C=O)CO[Si](C)(C)C(C)(C)C)cc1. The van der Waals surface area contributed by atoms with E-state index < -0.39 is 54.6 Å². The fourth-order valence-corrected chi connectivity index (χ4v) is 8.87. The molecule has 0 saturated carbocycles. The van der Waals surface area contributed by atoms with E-state index in [0.717, 1.165) is 17.6 Å². The van der Waals surface area contributed by atoms with Gasteiger partial charge in [-0.15, -0.1) is 0 Å². The Hall–Kier alpha value is -0.899. The smallest absolute Gasteiger partial charge is 0.192 e. The molecule has 2 rings (SSSR count). The molecule has 0 spiro atoms. The van der Waals surface area contributed by atoms with E-state index in [1.165, 1.54) is 0 Å². The van der Waals surface area contributed by atoms with Gasteiger partial charge in [-0.05, 0) is 79.0 Å². The van der Waals surface area contributed by atoms with Crippen LogP contribution in [0, 0.1) is 17.8 Å². The van der Waals surface area contributed by atoms with Crippen molar-refractivity contribution in [3.63, 3.8) is 0 Å². The highest BCUT2D eigenvalue weighted by Gasteiger charge is 2.64. The maximum absolute atomic E-state index is 12.8. The standard InChI is InChI=1S/C39H74O8Si3/c1-28(24-43-25-29-19-21-31(42-12)22-20-29)34-39(11,46-34)35(47-50(17,18)38(8,9)10)32(27-45-49(15,16)37(5,6)7)33(41)30(23-40)26-44-48(13,14)36(2,3)4/h19-23,28,30,32-35,41H,24-27H2,1-18H3/t28-,30-,32-,33+,34+,35-,39+/m0/s1. The number of aliphatic hydroxyl groups excluding tert-OH is 1. The Kier molecular flexibility index (Phi) is 15.1. The Morgan fingerprint density at radius 3 is 1.74 bits per heavy atom. The van der Waals surface area contributed by atoms with Crippen LogP contribution in [0.5, 0.6) is 5.75 Å². The van der Waals surface area contributed by atoms with Gasteiger partial charge in [0.15, 0.2) is 25.0 Å². The van der Waals surface area contributed by atoms with Gasteiger partial charge in [0.2, 0.25) is 0 Å². The second-order valence-corrected chi connectivity index (χ2v) is 33.8. The van der Waals surface area contributed by atoms with Crippen LogP contribution in [-0.2, 0) is 34.2 Å². The third kappa shape index (κ3) is 11.3. The highest BCUT2D eigenvalue weighted by molar-refractivity contribution is 6.75. The van der Waals surface area contributed by atoms with E-state index in [2.05, 4.69) is 115 Å².